The van der Waals surface area contributed by atoms with Crippen molar-refractivity contribution in [3.8, 4) is 0 Å². The number of benzene rings is 2. The van der Waals surface area contributed by atoms with Gasteiger partial charge in [-0.2, -0.15) is 0 Å². The van der Waals surface area contributed by atoms with Crippen molar-refractivity contribution >= 4 is 21.9 Å². The molecule has 2 rings (SSSR count). The SMILES string of the molecule is CCCC(CCC)S(=O)(=O)C[C@H](NC(=O)OCCOC)C(=O)O[C@H](CNCc1cccc(CC)c1)[C@@H](N)Cc1cc(F)cc(F)c1. The standard InChI is InChI=1S/C33H49F2N3O7S/c1-5-9-28(10-6-2)46(41,42)22-30(38-33(40)44-14-13-43-4)32(39)45-31(21-37-20-24-12-8-11-23(7-3)15-24)29(36)18-25-16-26(34)19-27(35)17-25/h8,11-12,15-17,19,28-31,37H,5-7,9-10,13-14,18,20-22,36H2,1-4H3,(H,38,40)/t29-,30-,31+/m0/s1. The van der Waals surface area contributed by atoms with Gasteiger partial charge in [-0.3, -0.25) is 0 Å². The molecule has 2 aromatic rings. The zero-order chi connectivity index (χ0) is 34.1. The largest absolute Gasteiger partial charge is 0.458 e. The molecule has 0 aliphatic rings. The summed E-state index contributed by atoms with van der Waals surface area (Å²) in [6, 6.07) is 8.39. The number of carbonyl (C=O) groups excluding carboxylic acids is 2. The molecule has 0 saturated carbocycles. The summed E-state index contributed by atoms with van der Waals surface area (Å²) in [6.45, 7) is 6.20. The summed E-state index contributed by atoms with van der Waals surface area (Å²) in [5, 5.41) is 4.85. The Kier molecular flexibility index (Phi) is 17.1. The van der Waals surface area contributed by atoms with E-state index in [1.54, 1.807) is 0 Å². The molecule has 10 nitrogen and oxygen atoms in total. The third-order valence-electron chi connectivity index (χ3n) is 7.44. The van der Waals surface area contributed by atoms with Crippen LogP contribution in [0.1, 0.15) is 63.1 Å². The molecule has 0 aromatic heterocycles. The fraction of sp³-hybridized carbons (Fsp3) is 0.576. The van der Waals surface area contributed by atoms with Crippen LogP contribution in [0.15, 0.2) is 42.5 Å². The highest BCUT2D eigenvalue weighted by molar-refractivity contribution is 7.92. The van der Waals surface area contributed by atoms with Crippen LogP contribution in [0, 0.1) is 11.6 Å². The molecule has 1 amide bonds. The van der Waals surface area contributed by atoms with E-state index in [-0.39, 0.29) is 31.7 Å². The molecule has 3 atom stereocenters. The Bertz CT molecular complexity index is 1320. The van der Waals surface area contributed by atoms with E-state index in [2.05, 4.69) is 10.6 Å². The third kappa shape index (κ3) is 13.7. The van der Waals surface area contributed by atoms with Gasteiger partial charge >= 0.3 is 12.1 Å². The van der Waals surface area contributed by atoms with E-state index in [9.17, 15) is 26.8 Å². The number of sulfone groups is 1. The molecule has 0 radical (unpaired) electrons. The minimum atomic E-state index is -3.86. The zero-order valence-electron chi connectivity index (χ0n) is 27.2. The molecule has 0 spiro atoms. The maximum Gasteiger partial charge on any atom is 0.407 e. The number of methoxy groups -OCH3 is 1. The van der Waals surface area contributed by atoms with Gasteiger partial charge in [-0.15, -0.1) is 0 Å². The fourth-order valence-electron chi connectivity index (χ4n) is 5.05. The molecule has 0 fully saturated rings. The third-order valence-corrected chi connectivity index (χ3v) is 9.72. The predicted molar refractivity (Wildman–Crippen MR) is 173 cm³/mol. The van der Waals surface area contributed by atoms with Crippen molar-refractivity contribution in [3.05, 3.63) is 70.8 Å². The van der Waals surface area contributed by atoms with E-state index in [4.69, 9.17) is 19.9 Å². The summed E-state index contributed by atoms with van der Waals surface area (Å²) in [5.74, 6) is -3.29. The van der Waals surface area contributed by atoms with Gasteiger partial charge in [0.15, 0.2) is 9.84 Å². The number of ether oxygens (including phenoxy) is 3. The topological polar surface area (TPSA) is 146 Å². The van der Waals surface area contributed by atoms with E-state index in [1.165, 1.54) is 7.11 Å². The molecule has 258 valence electrons. The van der Waals surface area contributed by atoms with E-state index >= 15 is 0 Å². The Labute approximate surface area is 271 Å². The minimum Gasteiger partial charge on any atom is -0.458 e. The second-order valence-corrected chi connectivity index (χ2v) is 13.6. The highest BCUT2D eigenvalue weighted by Crippen LogP contribution is 2.18. The van der Waals surface area contributed by atoms with Crippen LogP contribution in [-0.2, 0) is 48.2 Å². The number of halogens is 2. The van der Waals surface area contributed by atoms with Crippen LogP contribution >= 0.6 is 0 Å². The van der Waals surface area contributed by atoms with Crippen molar-refractivity contribution < 1.29 is 41.0 Å². The van der Waals surface area contributed by atoms with Gasteiger partial charge in [-0.25, -0.2) is 26.8 Å². The first kappa shape index (κ1) is 39.1. The van der Waals surface area contributed by atoms with Crippen molar-refractivity contribution in [2.24, 2.45) is 5.73 Å². The molecule has 2 aromatic carbocycles. The summed E-state index contributed by atoms with van der Waals surface area (Å²) in [6.07, 6.45) is 0.768. The van der Waals surface area contributed by atoms with E-state index in [0.717, 1.165) is 35.7 Å². The van der Waals surface area contributed by atoms with Crippen LogP contribution in [-0.4, -0.2) is 76.5 Å². The van der Waals surface area contributed by atoms with Gasteiger partial charge in [0, 0.05) is 32.3 Å². The first-order valence-electron chi connectivity index (χ1n) is 15.8. The van der Waals surface area contributed by atoms with Crippen molar-refractivity contribution in [1.82, 2.24) is 10.6 Å². The van der Waals surface area contributed by atoms with Crippen LogP contribution in [0.4, 0.5) is 13.6 Å². The number of amides is 1. The van der Waals surface area contributed by atoms with Crippen molar-refractivity contribution in [2.45, 2.75) is 89.3 Å². The number of hydrogen-bond donors (Lipinski definition) is 3. The van der Waals surface area contributed by atoms with E-state index in [0.29, 0.717) is 32.2 Å². The van der Waals surface area contributed by atoms with Gasteiger partial charge in [0.25, 0.3) is 0 Å². The fourth-order valence-corrected chi connectivity index (χ4v) is 7.19. The van der Waals surface area contributed by atoms with Gasteiger partial charge in [0.05, 0.1) is 17.6 Å². The Morgan fingerprint density at radius 2 is 1.59 bits per heavy atom. The lowest BCUT2D eigenvalue weighted by atomic mass is 10.0. The lowest BCUT2D eigenvalue weighted by Gasteiger charge is -2.28. The van der Waals surface area contributed by atoms with Crippen LogP contribution in [0.2, 0.25) is 0 Å². The summed E-state index contributed by atoms with van der Waals surface area (Å²) < 4.78 is 70.4. The van der Waals surface area contributed by atoms with Gasteiger partial charge in [-0.05, 0) is 54.5 Å². The molecule has 0 heterocycles. The quantitative estimate of drug-likeness (QED) is 0.131. The number of alkyl carbamates (subject to hydrolysis) is 1. The summed E-state index contributed by atoms with van der Waals surface area (Å²) >= 11 is 0. The first-order chi connectivity index (χ1) is 21.9. The van der Waals surface area contributed by atoms with E-state index in [1.807, 2.05) is 45.0 Å². The first-order valence-corrected chi connectivity index (χ1v) is 17.5. The maximum absolute atomic E-state index is 13.9. The molecule has 46 heavy (non-hydrogen) atoms. The van der Waals surface area contributed by atoms with Crippen LogP contribution in [0.25, 0.3) is 0 Å². The molecule has 0 aliphatic carbocycles. The Hall–Kier alpha value is -3.13. The molecule has 0 unspecified atom stereocenters. The Morgan fingerprint density at radius 1 is 0.935 bits per heavy atom. The monoisotopic (exact) mass is 669 g/mol. The highest BCUT2D eigenvalue weighted by Gasteiger charge is 2.35. The van der Waals surface area contributed by atoms with Crippen molar-refractivity contribution in [1.29, 1.82) is 0 Å². The number of carbonyl (C=O) groups is 2. The van der Waals surface area contributed by atoms with Crippen LogP contribution in [0.3, 0.4) is 0 Å². The molecule has 0 aliphatic heterocycles. The molecule has 13 heteroatoms. The van der Waals surface area contributed by atoms with Crippen LogP contribution < -0.4 is 16.4 Å². The summed E-state index contributed by atoms with van der Waals surface area (Å²) in [7, 11) is -2.44. The molecule has 0 bridgehead atoms. The smallest absolute Gasteiger partial charge is 0.407 e. The summed E-state index contributed by atoms with van der Waals surface area (Å²) in [4.78, 5) is 26.2. The highest BCUT2D eigenvalue weighted by atomic mass is 32.2. The van der Waals surface area contributed by atoms with Crippen LogP contribution in [0.5, 0.6) is 0 Å². The number of nitrogens with two attached hydrogens (primary N) is 1. The number of hydrogen-bond acceptors (Lipinski definition) is 9. The molecule has 0 saturated heterocycles. The normalized spacial score (nSPS) is 13.7. The number of aryl methyl sites for hydroxylation is 1. The van der Waals surface area contributed by atoms with Gasteiger partial charge in [-0.1, -0.05) is 57.9 Å². The Morgan fingerprint density at radius 3 is 2.20 bits per heavy atom. The summed E-state index contributed by atoms with van der Waals surface area (Å²) in [5.41, 5.74) is 8.83. The maximum atomic E-state index is 13.9. The lowest BCUT2D eigenvalue weighted by Crippen LogP contribution is -2.52. The predicted octanol–water partition coefficient (Wildman–Crippen LogP) is 4.22. The van der Waals surface area contributed by atoms with Gasteiger partial charge < -0.3 is 30.6 Å². The average molecular weight is 670 g/mol. The van der Waals surface area contributed by atoms with Crippen molar-refractivity contribution in [3.63, 3.8) is 0 Å². The van der Waals surface area contributed by atoms with Gasteiger partial charge in [0.2, 0.25) is 0 Å². The Balaban J connectivity index is 2.33. The molecular formula is C33H49F2N3O7S. The number of rotatable bonds is 21. The number of esters is 1. The molecule has 4 N–H and O–H groups in total. The van der Waals surface area contributed by atoms with Crippen molar-refractivity contribution in [2.75, 3.05) is 32.6 Å². The lowest BCUT2D eigenvalue weighted by molar-refractivity contribution is -0.151. The van der Waals surface area contributed by atoms with E-state index < -0.39 is 62.7 Å². The minimum absolute atomic E-state index is 0.0348. The second kappa shape index (κ2) is 20.2. The zero-order valence-corrected chi connectivity index (χ0v) is 28.0. The van der Waals surface area contributed by atoms with Gasteiger partial charge in [0.1, 0.15) is 30.4 Å². The second-order valence-electron chi connectivity index (χ2n) is 11.3. The molecular weight excluding hydrogens is 620 g/mol. The average Bonchev–Trinajstić information content (AvgIpc) is 2.99. The number of nitrogens with one attached hydrogen (secondary N) is 2.